The van der Waals surface area contributed by atoms with Gasteiger partial charge in [0.25, 0.3) is 0 Å². The van der Waals surface area contributed by atoms with Crippen molar-refractivity contribution in [3.05, 3.63) is 35.8 Å². The highest BCUT2D eigenvalue weighted by atomic mass is 15.3. The molecule has 0 radical (unpaired) electrons. The predicted molar refractivity (Wildman–Crippen MR) is 120 cm³/mol. The molecule has 1 fully saturated rings. The minimum absolute atomic E-state index is 0.0466. The molecule has 0 saturated carbocycles. The SMILES string of the molecule is CC1=NCN=C(N2CCC(C(CC#N)n3cc(C4N=CNc5[nH]ccc54)cn3)C2)C1C#N. The van der Waals surface area contributed by atoms with Crippen LogP contribution in [-0.2, 0) is 0 Å². The molecule has 3 aliphatic heterocycles. The maximum atomic E-state index is 9.60. The van der Waals surface area contributed by atoms with Crippen LogP contribution in [0.25, 0.3) is 0 Å². The van der Waals surface area contributed by atoms with E-state index in [1.165, 1.54) is 0 Å². The van der Waals surface area contributed by atoms with E-state index in [9.17, 15) is 10.5 Å². The molecular formula is C22H24N10. The highest BCUT2D eigenvalue weighted by Crippen LogP contribution is 2.35. The Balaban J connectivity index is 1.35. The monoisotopic (exact) mass is 428 g/mol. The van der Waals surface area contributed by atoms with Gasteiger partial charge < -0.3 is 15.2 Å². The fraction of sp³-hybridized carbons (Fsp3) is 0.455. The third-order valence-electron chi connectivity index (χ3n) is 6.53. The predicted octanol–water partition coefficient (Wildman–Crippen LogP) is 2.50. The number of aromatic nitrogens is 3. The van der Waals surface area contributed by atoms with Gasteiger partial charge in [0.15, 0.2) is 0 Å². The molecule has 0 bridgehead atoms. The number of hydrogen-bond acceptors (Lipinski definition) is 8. The quantitative estimate of drug-likeness (QED) is 0.772. The third kappa shape index (κ3) is 3.44. The average Bonchev–Trinajstić information content (AvgIpc) is 3.57. The molecule has 162 valence electrons. The Labute approximate surface area is 186 Å². The fourth-order valence-electron chi connectivity index (χ4n) is 4.83. The molecule has 10 heteroatoms. The number of nitriles is 2. The summed E-state index contributed by atoms with van der Waals surface area (Å²) in [5, 5.41) is 26.9. The lowest BCUT2D eigenvalue weighted by Gasteiger charge is -2.27. The van der Waals surface area contributed by atoms with Crippen molar-refractivity contribution in [3.8, 4) is 12.1 Å². The topological polar surface area (TPSA) is 134 Å². The van der Waals surface area contributed by atoms with Gasteiger partial charge in [-0.05, 0) is 19.4 Å². The average molecular weight is 429 g/mol. The number of amidine groups is 1. The Kier molecular flexibility index (Phi) is 5.20. The van der Waals surface area contributed by atoms with Crippen LogP contribution < -0.4 is 5.32 Å². The highest BCUT2D eigenvalue weighted by Gasteiger charge is 2.36. The van der Waals surface area contributed by atoms with Gasteiger partial charge in [-0.2, -0.15) is 15.6 Å². The van der Waals surface area contributed by atoms with Crippen LogP contribution >= 0.6 is 0 Å². The number of rotatable bonds is 4. The van der Waals surface area contributed by atoms with Crippen molar-refractivity contribution in [3.63, 3.8) is 0 Å². The summed E-state index contributed by atoms with van der Waals surface area (Å²) < 4.78 is 1.92. The summed E-state index contributed by atoms with van der Waals surface area (Å²) in [5.41, 5.74) is 2.89. The summed E-state index contributed by atoms with van der Waals surface area (Å²) >= 11 is 0. The maximum absolute atomic E-state index is 9.60. The van der Waals surface area contributed by atoms with Gasteiger partial charge in [-0.25, -0.2) is 4.99 Å². The molecule has 4 unspecified atom stereocenters. The standard InChI is InChI=1S/C22H24N10/c1-14-18(8-24)22(29-12-26-14)31-7-4-15(10-31)19(2-5-23)32-11-16(9-30-32)20-17-3-6-25-21(17)28-13-27-20/h3,6,9,11,13,15,18-20,25H,2,4,7,10,12H2,1H3,(H,27,28). The Morgan fingerprint density at radius 3 is 3.06 bits per heavy atom. The van der Waals surface area contributed by atoms with Crippen LogP contribution in [0.4, 0.5) is 5.82 Å². The molecule has 0 amide bonds. The molecule has 2 N–H and O–H groups in total. The zero-order valence-electron chi connectivity index (χ0n) is 17.8. The summed E-state index contributed by atoms with van der Waals surface area (Å²) in [6, 6.07) is 6.52. The van der Waals surface area contributed by atoms with Crippen molar-refractivity contribution in [1.29, 1.82) is 10.5 Å². The Morgan fingerprint density at radius 2 is 2.22 bits per heavy atom. The molecular weight excluding hydrogens is 404 g/mol. The largest absolute Gasteiger partial charge is 0.359 e. The zero-order chi connectivity index (χ0) is 22.1. The maximum Gasteiger partial charge on any atom is 0.141 e. The van der Waals surface area contributed by atoms with E-state index >= 15 is 0 Å². The normalized spacial score (nSPS) is 25.2. The first-order valence-corrected chi connectivity index (χ1v) is 10.8. The number of aromatic amines is 1. The molecule has 0 aromatic carbocycles. The minimum atomic E-state index is -0.387. The van der Waals surface area contributed by atoms with Crippen LogP contribution in [0.2, 0.25) is 0 Å². The molecule has 4 atom stereocenters. The number of anilines is 1. The van der Waals surface area contributed by atoms with E-state index in [1.54, 1.807) is 6.34 Å². The van der Waals surface area contributed by atoms with Crippen molar-refractivity contribution >= 4 is 23.7 Å². The third-order valence-corrected chi connectivity index (χ3v) is 6.53. The lowest BCUT2D eigenvalue weighted by Crippen LogP contribution is -2.39. The number of H-pyrrole nitrogens is 1. The van der Waals surface area contributed by atoms with Gasteiger partial charge >= 0.3 is 0 Å². The van der Waals surface area contributed by atoms with Gasteiger partial charge in [-0.15, -0.1) is 0 Å². The molecule has 0 spiro atoms. The van der Waals surface area contributed by atoms with Gasteiger partial charge in [0.05, 0.1) is 37.1 Å². The lowest BCUT2D eigenvalue weighted by molar-refractivity contribution is 0.314. The second kappa shape index (κ2) is 8.31. The summed E-state index contributed by atoms with van der Waals surface area (Å²) in [7, 11) is 0. The molecule has 1 saturated heterocycles. The number of aliphatic imine (C=N–C) groups is 3. The number of nitrogens with zero attached hydrogens (tertiary/aromatic N) is 8. The van der Waals surface area contributed by atoms with E-state index in [2.05, 4.69) is 47.4 Å². The number of nitrogens with one attached hydrogen (secondary N) is 2. The first-order chi connectivity index (χ1) is 15.7. The van der Waals surface area contributed by atoms with Crippen LogP contribution in [0.15, 0.2) is 39.6 Å². The highest BCUT2D eigenvalue weighted by molar-refractivity contribution is 6.09. The minimum Gasteiger partial charge on any atom is -0.359 e. The van der Waals surface area contributed by atoms with Crippen LogP contribution in [0.3, 0.4) is 0 Å². The van der Waals surface area contributed by atoms with Crippen LogP contribution in [-0.4, -0.2) is 57.3 Å². The Morgan fingerprint density at radius 1 is 1.31 bits per heavy atom. The fourth-order valence-corrected chi connectivity index (χ4v) is 4.83. The van der Waals surface area contributed by atoms with Gasteiger partial charge in [0.1, 0.15) is 30.3 Å². The van der Waals surface area contributed by atoms with Gasteiger partial charge in [-0.1, -0.05) is 0 Å². The van der Waals surface area contributed by atoms with Crippen LogP contribution in [0, 0.1) is 34.5 Å². The smallest absolute Gasteiger partial charge is 0.141 e. The van der Waals surface area contributed by atoms with Crippen molar-refractivity contribution in [2.24, 2.45) is 26.8 Å². The van der Waals surface area contributed by atoms with Gasteiger partial charge in [0.2, 0.25) is 0 Å². The molecule has 2 aromatic heterocycles. The van der Waals surface area contributed by atoms with Gasteiger partial charge in [0, 0.05) is 48.2 Å². The zero-order valence-corrected chi connectivity index (χ0v) is 17.8. The van der Waals surface area contributed by atoms with E-state index in [-0.39, 0.29) is 23.9 Å². The number of hydrogen-bond donors (Lipinski definition) is 2. The number of fused-ring (bicyclic) bond motifs is 1. The van der Waals surface area contributed by atoms with Crippen molar-refractivity contribution in [2.75, 3.05) is 25.1 Å². The first-order valence-electron chi connectivity index (χ1n) is 10.8. The number of likely N-dealkylation sites (tertiary alicyclic amines) is 1. The van der Waals surface area contributed by atoms with E-state index in [0.717, 1.165) is 48.0 Å². The van der Waals surface area contributed by atoms with E-state index in [1.807, 2.05) is 36.3 Å². The van der Waals surface area contributed by atoms with Crippen LogP contribution in [0.5, 0.6) is 0 Å². The van der Waals surface area contributed by atoms with Crippen molar-refractivity contribution in [1.82, 2.24) is 19.7 Å². The summed E-state index contributed by atoms with van der Waals surface area (Å²) in [4.78, 5) is 18.8. The molecule has 5 heterocycles. The molecule has 10 nitrogen and oxygen atoms in total. The van der Waals surface area contributed by atoms with Gasteiger partial charge in [-0.3, -0.25) is 14.7 Å². The molecule has 0 aliphatic carbocycles. The first kappa shape index (κ1) is 20.0. The van der Waals surface area contributed by atoms with Crippen molar-refractivity contribution < 1.29 is 0 Å². The Hall–Kier alpha value is -3.92. The van der Waals surface area contributed by atoms with E-state index in [4.69, 9.17) is 0 Å². The second-order valence-corrected chi connectivity index (χ2v) is 8.33. The van der Waals surface area contributed by atoms with Crippen LogP contribution in [0.1, 0.15) is 43.0 Å². The molecule has 32 heavy (non-hydrogen) atoms. The molecule has 5 rings (SSSR count). The Bertz CT molecular complexity index is 1170. The molecule has 3 aliphatic rings. The van der Waals surface area contributed by atoms with E-state index in [0.29, 0.717) is 13.1 Å². The summed E-state index contributed by atoms with van der Waals surface area (Å²) in [6.07, 6.45) is 8.75. The van der Waals surface area contributed by atoms with Crippen molar-refractivity contribution in [2.45, 2.75) is 31.8 Å². The summed E-state index contributed by atoms with van der Waals surface area (Å²) in [5.74, 6) is 1.60. The lowest BCUT2D eigenvalue weighted by atomic mass is 9.96. The van der Waals surface area contributed by atoms with E-state index < -0.39 is 0 Å². The molecule has 2 aromatic rings. The second-order valence-electron chi connectivity index (χ2n) is 8.33. The summed E-state index contributed by atoms with van der Waals surface area (Å²) in [6.45, 7) is 3.83.